The number of carbonyl (C=O) groups is 1. The van der Waals surface area contributed by atoms with Gasteiger partial charge in [-0.05, 0) is 24.3 Å². The van der Waals surface area contributed by atoms with Crippen LogP contribution in [0.15, 0.2) is 48.7 Å². The second kappa shape index (κ2) is 5.35. The molecule has 0 aliphatic rings. The number of aromatic nitrogens is 1. The van der Waals surface area contributed by atoms with E-state index < -0.39 is 5.97 Å². The Labute approximate surface area is 130 Å². The van der Waals surface area contributed by atoms with E-state index in [0.29, 0.717) is 26.5 Å². The SMILES string of the molecule is O=C(O)c1ccc2ncc(Cl)c(-c3ccccc3Cl)c2c1. The predicted molar refractivity (Wildman–Crippen MR) is 84.2 cm³/mol. The number of carboxylic acid groups (broad SMARTS) is 1. The number of nitrogens with zero attached hydrogens (tertiary/aromatic N) is 1. The number of hydrogen-bond donors (Lipinski definition) is 1. The molecule has 3 aromatic rings. The minimum absolute atomic E-state index is 0.180. The number of halogens is 2. The molecule has 0 unspecified atom stereocenters. The van der Waals surface area contributed by atoms with E-state index in [1.807, 2.05) is 18.2 Å². The molecule has 3 nitrogen and oxygen atoms in total. The number of benzene rings is 2. The second-order valence-corrected chi connectivity index (χ2v) is 5.31. The van der Waals surface area contributed by atoms with E-state index in [1.54, 1.807) is 24.4 Å². The Morgan fingerprint density at radius 1 is 1.05 bits per heavy atom. The minimum atomic E-state index is -0.998. The highest BCUT2D eigenvalue weighted by Gasteiger charge is 2.14. The number of rotatable bonds is 2. The molecule has 0 radical (unpaired) electrons. The molecule has 0 amide bonds. The van der Waals surface area contributed by atoms with Crippen LogP contribution < -0.4 is 0 Å². The quantitative estimate of drug-likeness (QED) is 0.730. The van der Waals surface area contributed by atoms with Crippen molar-refractivity contribution < 1.29 is 9.90 Å². The van der Waals surface area contributed by atoms with E-state index in [1.165, 1.54) is 6.07 Å². The fourth-order valence-corrected chi connectivity index (χ4v) is 2.72. The molecule has 0 aliphatic heterocycles. The van der Waals surface area contributed by atoms with Crippen LogP contribution in [-0.4, -0.2) is 16.1 Å². The predicted octanol–water partition coefficient (Wildman–Crippen LogP) is 4.91. The van der Waals surface area contributed by atoms with Crippen LogP contribution in [-0.2, 0) is 0 Å². The van der Waals surface area contributed by atoms with Crippen LogP contribution in [0.3, 0.4) is 0 Å². The van der Waals surface area contributed by atoms with Gasteiger partial charge in [0.2, 0.25) is 0 Å². The average molecular weight is 318 g/mol. The third kappa shape index (κ3) is 2.46. The van der Waals surface area contributed by atoms with Crippen molar-refractivity contribution in [3.63, 3.8) is 0 Å². The van der Waals surface area contributed by atoms with Crippen LogP contribution >= 0.6 is 23.2 Å². The van der Waals surface area contributed by atoms with E-state index in [4.69, 9.17) is 28.3 Å². The van der Waals surface area contributed by atoms with Gasteiger partial charge in [-0.2, -0.15) is 0 Å². The summed E-state index contributed by atoms with van der Waals surface area (Å²) in [5, 5.41) is 10.8. The van der Waals surface area contributed by atoms with Crippen LogP contribution in [0.4, 0.5) is 0 Å². The number of fused-ring (bicyclic) bond motifs is 1. The van der Waals surface area contributed by atoms with Crippen molar-refractivity contribution in [2.45, 2.75) is 0 Å². The summed E-state index contributed by atoms with van der Waals surface area (Å²) < 4.78 is 0. The zero-order chi connectivity index (χ0) is 15.0. The van der Waals surface area contributed by atoms with Gasteiger partial charge in [0.1, 0.15) is 0 Å². The summed E-state index contributed by atoms with van der Waals surface area (Å²) in [6.07, 6.45) is 1.54. The molecular weight excluding hydrogens is 309 g/mol. The lowest BCUT2D eigenvalue weighted by Gasteiger charge is -2.11. The van der Waals surface area contributed by atoms with E-state index in [9.17, 15) is 4.79 Å². The zero-order valence-corrected chi connectivity index (χ0v) is 12.2. The van der Waals surface area contributed by atoms with Gasteiger partial charge in [-0.1, -0.05) is 41.4 Å². The number of pyridine rings is 1. The molecule has 3 rings (SSSR count). The van der Waals surface area contributed by atoms with Crippen molar-refractivity contribution in [3.8, 4) is 11.1 Å². The van der Waals surface area contributed by atoms with Crippen LogP contribution in [0.25, 0.3) is 22.0 Å². The van der Waals surface area contributed by atoms with Crippen molar-refractivity contribution in [1.82, 2.24) is 4.98 Å². The molecule has 0 aliphatic carbocycles. The van der Waals surface area contributed by atoms with Gasteiger partial charge >= 0.3 is 5.97 Å². The summed E-state index contributed by atoms with van der Waals surface area (Å²) in [6, 6.07) is 12.0. The van der Waals surface area contributed by atoms with E-state index >= 15 is 0 Å². The molecule has 1 aromatic heterocycles. The van der Waals surface area contributed by atoms with Gasteiger partial charge in [-0.25, -0.2) is 4.79 Å². The topological polar surface area (TPSA) is 50.2 Å². The third-order valence-corrected chi connectivity index (χ3v) is 3.83. The number of hydrogen-bond acceptors (Lipinski definition) is 2. The van der Waals surface area contributed by atoms with Crippen molar-refractivity contribution >= 4 is 40.1 Å². The zero-order valence-electron chi connectivity index (χ0n) is 10.7. The Kier molecular flexibility index (Phi) is 3.53. The summed E-state index contributed by atoms with van der Waals surface area (Å²) in [6.45, 7) is 0. The Morgan fingerprint density at radius 2 is 1.81 bits per heavy atom. The van der Waals surface area contributed by atoms with Crippen molar-refractivity contribution in [2.75, 3.05) is 0 Å². The van der Waals surface area contributed by atoms with Crippen LogP contribution in [0.2, 0.25) is 10.0 Å². The van der Waals surface area contributed by atoms with Crippen LogP contribution in [0, 0.1) is 0 Å². The number of aromatic carboxylic acids is 1. The lowest BCUT2D eigenvalue weighted by Crippen LogP contribution is -1.97. The van der Waals surface area contributed by atoms with Crippen molar-refractivity contribution in [1.29, 1.82) is 0 Å². The first-order valence-electron chi connectivity index (χ1n) is 6.14. The maximum Gasteiger partial charge on any atom is 0.335 e. The highest BCUT2D eigenvalue weighted by molar-refractivity contribution is 6.37. The van der Waals surface area contributed by atoms with Gasteiger partial charge < -0.3 is 5.11 Å². The largest absolute Gasteiger partial charge is 0.478 e. The normalized spacial score (nSPS) is 10.8. The first-order valence-corrected chi connectivity index (χ1v) is 6.90. The van der Waals surface area contributed by atoms with Gasteiger partial charge in [-0.15, -0.1) is 0 Å². The third-order valence-electron chi connectivity index (χ3n) is 3.21. The number of carboxylic acids is 1. The molecule has 21 heavy (non-hydrogen) atoms. The molecular formula is C16H9Cl2NO2. The van der Waals surface area contributed by atoms with Crippen molar-refractivity contribution in [2.24, 2.45) is 0 Å². The van der Waals surface area contributed by atoms with Crippen LogP contribution in [0.1, 0.15) is 10.4 Å². The van der Waals surface area contributed by atoms with Gasteiger partial charge in [0.25, 0.3) is 0 Å². The molecule has 0 fully saturated rings. The lowest BCUT2D eigenvalue weighted by molar-refractivity contribution is 0.0697. The molecule has 0 bridgehead atoms. The monoisotopic (exact) mass is 317 g/mol. The van der Waals surface area contributed by atoms with Gasteiger partial charge in [-0.3, -0.25) is 4.98 Å². The van der Waals surface area contributed by atoms with Crippen LogP contribution in [0.5, 0.6) is 0 Å². The molecule has 0 atom stereocenters. The molecule has 0 spiro atoms. The van der Waals surface area contributed by atoms with E-state index in [0.717, 1.165) is 5.56 Å². The fraction of sp³-hybridized carbons (Fsp3) is 0. The second-order valence-electron chi connectivity index (χ2n) is 4.50. The first-order chi connectivity index (χ1) is 10.1. The van der Waals surface area contributed by atoms with Crippen molar-refractivity contribution in [3.05, 3.63) is 64.3 Å². The Hall–Kier alpha value is -2.10. The van der Waals surface area contributed by atoms with E-state index in [-0.39, 0.29) is 5.56 Å². The minimum Gasteiger partial charge on any atom is -0.478 e. The molecule has 0 saturated heterocycles. The summed E-state index contributed by atoms with van der Waals surface area (Å²) in [5.74, 6) is -0.998. The Morgan fingerprint density at radius 3 is 2.52 bits per heavy atom. The fourth-order valence-electron chi connectivity index (χ4n) is 2.24. The summed E-state index contributed by atoms with van der Waals surface area (Å²) >= 11 is 12.5. The first kappa shape index (κ1) is 13.9. The molecule has 104 valence electrons. The average Bonchev–Trinajstić information content (AvgIpc) is 2.48. The van der Waals surface area contributed by atoms with Gasteiger partial charge in [0.15, 0.2) is 0 Å². The molecule has 5 heteroatoms. The summed E-state index contributed by atoms with van der Waals surface area (Å²) in [4.78, 5) is 15.4. The molecule has 2 aromatic carbocycles. The smallest absolute Gasteiger partial charge is 0.335 e. The molecule has 1 N–H and O–H groups in total. The highest BCUT2D eigenvalue weighted by Crippen LogP contribution is 2.38. The van der Waals surface area contributed by atoms with Gasteiger partial charge in [0, 0.05) is 27.7 Å². The van der Waals surface area contributed by atoms with Gasteiger partial charge in [0.05, 0.1) is 16.1 Å². The summed E-state index contributed by atoms with van der Waals surface area (Å²) in [5.41, 5.74) is 2.29. The van der Waals surface area contributed by atoms with E-state index in [2.05, 4.69) is 4.98 Å². The maximum absolute atomic E-state index is 11.2. The molecule has 0 saturated carbocycles. The Bertz CT molecular complexity index is 862. The standard InChI is InChI=1S/C16H9Cl2NO2/c17-12-4-2-1-3-10(12)15-11-7-9(16(20)21)5-6-14(11)19-8-13(15)18/h1-8H,(H,20,21). The summed E-state index contributed by atoms with van der Waals surface area (Å²) in [7, 11) is 0. The Balaban J connectivity index is 2.40. The lowest BCUT2D eigenvalue weighted by atomic mass is 9.99. The maximum atomic E-state index is 11.2. The molecule has 1 heterocycles. The highest BCUT2D eigenvalue weighted by atomic mass is 35.5.